The zero-order valence-corrected chi connectivity index (χ0v) is 19.4. The Kier molecular flexibility index (Phi) is 8.95. The third-order valence-corrected chi connectivity index (χ3v) is 6.08. The summed E-state index contributed by atoms with van der Waals surface area (Å²) in [6.07, 6.45) is 2.20. The lowest BCUT2D eigenvalue weighted by atomic mass is 9.97. The van der Waals surface area contributed by atoms with Gasteiger partial charge in [0.15, 0.2) is 0 Å². The summed E-state index contributed by atoms with van der Waals surface area (Å²) in [5, 5.41) is 14.0. The van der Waals surface area contributed by atoms with Crippen LogP contribution in [-0.4, -0.2) is 65.7 Å². The van der Waals surface area contributed by atoms with Crippen LogP contribution in [0, 0.1) is 5.92 Å². The lowest BCUT2D eigenvalue weighted by Crippen LogP contribution is -2.45. The van der Waals surface area contributed by atoms with E-state index in [4.69, 9.17) is 16.3 Å². The van der Waals surface area contributed by atoms with Gasteiger partial charge in [0.1, 0.15) is 0 Å². The van der Waals surface area contributed by atoms with E-state index in [-0.39, 0.29) is 27.7 Å². The largest absolute Gasteiger partial charge is 0.382 e. The minimum atomic E-state index is -0.466. The molecule has 1 aromatic heterocycles. The first kappa shape index (κ1) is 24.1. The number of ether oxygens (including phenoxy) is 1. The van der Waals surface area contributed by atoms with Gasteiger partial charge < -0.3 is 20.3 Å². The second kappa shape index (κ2) is 11.9. The minimum absolute atomic E-state index is 0.0575. The number of amides is 3. The molecule has 0 unspecified atom stereocenters. The van der Waals surface area contributed by atoms with Gasteiger partial charge in [-0.15, -0.1) is 10.2 Å². The van der Waals surface area contributed by atoms with E-state index in [1.54, 1.807) is 29.2 Å². The Morgan fingerprint density at radius 1 is 1.28 bits per heavy atom. The molecular weight excluding hydrogens is 454 g/mol. The fraction of sp³-hybridized carbons (Fsp3) is 0.476. The molecule has 1 atom stereocenters. The molecule has 0 saturated carbocycles. The first-order valence-corrected chi connectivity index (χ1v) is 11.7. The monoisotopic (exact) mass is 479 g/mol. The van der Waals surface area contributed by atoms with Gasteiger partial charge in [0.2, 0.25) is 15.9 Å². The molecule has 1 fully saturated rings. The summed E-state index contributed by atoms with van der Waals surface area (Å²) in [7, 11) is 0. The molecule has 3 rings (SSSR count). The number of benzene rings is 1. The van der Waals surface area contributed by atoms with Crippen molar-refractivity contribution in [1.29, 1.82) is 0 Å². The number of hydrogen-bond donors (Lipinski definition) is 2. The molecule has 0 spiro atoms. The van der Waals surface area contributed by atoms with Crippen molar-refractivity contribution >= 4 is 46.3 Å². The number of anilines is 1. The number of aromatic nitrogens is 2. The Morgan fingerprint density at radius 3 is 2.88 bits per heavy atom. The molecule has 0 aliphatic carbocycles. The number of hydrogen-bond acceptors (Lipinski definition) is 7. The molecule has 1 aliphatic heterocycles. The highest BCUT2D eigenvalue weighted by Gasteiger charge is 2.30. The SMILES string of the molecule is CCOCCCNC(=O)[C@H]1CCCN(C(=O)c2nnc(C(=O)Nc3cccc(Cl)c3)s2)C1. The predicted molar refractivity (Wildman–Crippen MR) is 122 cm³/mol. The van der Waals surface area contributed by atoms with Crippen LogP contribution in [-0.2, 0) is 9.53 Å². The lowest BCUT2D eigenvalue weighted by Gasteiger charge is -2.31. The third-order valence-electron chi connectivity index (χ3n) is 4.93. The van der Waals surface area contributed by atoms with Gasteiger partial charge in [0.25, 0.3) is 11.8 Å². The quantitative estimate of drug-likeness (QED) is 0.534. The van der Waals surface area contributed by atoms with Crippen LogP contribution in [0.4, 0.5) is 5.69 Å². The van der Waals surface area contributed by atoms with Gasteiger partial charge >= 0.3 is 0 Å². The third kappa shape index (κ3) is 6.72. The van der Waals surface area contributed by atoms with E-state index in [1.807, 2.05) is 6.92 Å². The maximum Gasteiger partial charge on any atom is 0.286 e. The number of carbonyl (C=O) groups is 3. The number of piperidine rings is 1. The molecule has 11 heteroatoms. The second-order valence-electron chi connectivity index (χ2n) is 7.31. The number of nitrogens with zero attached hydrogens (tertiary/aromatic N) is 3. The van der Waals surface area contributed by atoms with Gasteiger partial charge in [0, 0.05) is 43.6 Å². The van der Waals surface area contributed by atoms with Gasteiger partial charge in [0.05, 0.1) is 5.92 Å². The average molecular weight is 480 g/mol. The summed E-state index contributed by atoms with van der Waals surface area (Å²) >= 11 is 6.85. The van der Waals surface area contributed by atoms with Crippen LogP contribution in [0.5, 0.6) is 0 Å². The van der Waals surface area contributed by atoms with E-state index in [1.165, 1.54) is 0 Å². The highest BCUT2D eigenvalue weighted by atomic mass is 35.5. The fourth-order valence-electron chi connectivity index (χ4n) is 3.34. The molecule has 0 radical (unpaired) electrons. The fourth-order valence-corrected chi connectivity index (χ4v) is 4.23. The zero-order valence-electron chi connectivity index (χ0n) is 17.8. The van der Waals surface area contributed by atoms with Crippen LogP contribution < -0.4 is 10.6 Å². The Balaban J connectivity index is 1.53. The smallest absolute Gasteiger partial charge is 0.286 e. The molecule has 1 aromatic carbocycles. The van der Waals surface area contributed by atoms with Crippen LogP contribution >= 0.6 is 22.9 Å². The van der Waals surface area contributed by atoms with Crippen LogP contribution in [0.25, 0.3) is 0 Å². The molecule has 2 heterocycles. The van der Waals surface area contributed by atoms with Crippen molar-refractivity contribution in [1.82, 2.24) is 20.4 Å². The summed E-state index contributed by atoms with van der Waals surface area (Å²) in [6.45, 7) is 4.60. The summed E-state index contributed by atoms with van der Waals surface area (Å²) in [5.41, 5.74) is 0.525. The Labute approximate surface area is 195 Å². The first-order chi connectivity index (χ1) is 15.5. The summed E-state index contributed by atoms with van der Waals surface area (Å²) < 4.78 is 5.27. The molecular formula is C21H26ClN5O4S. The molecule has 172 valence electrons. The number of nitrogens with one attached hydrogen (secondary N) is 2. The highest BCUT2D eigenvalue weighted by Crippen LogP contribution is 2.21. The van der Waals surface area contributed by atoms with Crippen LogP contribution in [0.3, 0.4) is 0 Å². The van der Waals surface area contributed by atoms with Crippen molar-refractivity contribution in [2.45, 2.75) is 26.2 Å². The Hall–Kier alpha value is -2.56. The van der Waals surface area contributed by atoms with E-state index in [9.17, 15) is 14.4 Å². The van der Waals surface area contributed by atoms with E-state index in [0.717, 1.165) is 30.6 Å². The lowest BCUT2D eigenvalue weighted by molar-refractivity contribution is -0.126. The molecule has 2 aromatic rings. The first-order valence-electron chi connectivity index (χ1n) is 10.5. The van der Waals surface area contributed by atoms with Gasteiger partial charge in [-0.1, -0.05) is 29.0 Å². The van der Waals surface area contributed by atoms with E-state index in [0.29, 0.717) is 43.6 Å². The van der Waals surface area contributed by atoms with Gasteiger partial charge in [-0.3, -0.25) is 14.4 Å². The van der Waals surface area contributed by atoms with Crippen LogP contribution in [0.2, 0.25) is 5.02 Å². The van der Waals surface area contributed by atoms with Crippen molar-refractivity contribution in [3.05, 3.63) is 39.3 Å². The molecule has 32 heavy (non-hydrogen) atoms. The van der Waals surface area contributed by atoms with Crippen molar-refractivity contribution in [2.24, 2.45) is 5.92 Å². The van der Waals surface area contributed by atoms with Crippen molar-refractivity contribution < 1.29 is 19.1 Å². The van der Waals surface area contributed by atoms with Gasteiger partial charge in [-0.05, 0) is 44.4 Å². The molecule has 0 bridgehead atoms. The van der Waals surface area contributed by atoms with Crippen LogP contribution in [0.1, 0.15) is 45.8 Å². The van der Waals surface area contributed by atoms with Gasteiger partial charge in [-0.25, -0.2) is 0 Å². The second-order valence-corrected chi connectivity index (χ2v) is 8.72. The Morgan fingerprint density at radius 2 is 2.09 bits per heavy atom. The molecule has 1 saturated heterocycles. The van der Waals surface area contributed by atoms with Crippen molar-refractivity contribution in [3.63, 3.8) is 0 Å². The number of carbonyl (C=O) groups excluding carboxylic acids is 3. The van der Waals surface area contributed by atoms with E-state index < -0.39 is 5.91 Å². The highest BCUT2D eigenvalue weighted by molar-refractivity contribution is 7.15. The van der Waals surface area contributed by atoms with Crippen LogP contribution in [0.15, 0.2) is 24.3 Å². The van der Waals surface area contributed by atoms with E-state index >= 15 is 0 Å². The number of rotatable bonds is 9. The van der Waals surface area contributed by atoms with E-state index in [2.05, 4.69) is 20.8 Å². The summed E-state index contributed by atoms with van der Waals surface area (Å²) in [6, 6.07) is 6.73. The molecule has 2 N–H and O–H groups in total. The number of likely N-dealkylation sites (tertiary alicyclic amines) is 1. The zero-order chi connectivity index (χ0) is 22.9. The summed E-state index contributed by atoms with van der Waals surface area (Å²) in [5.74, 6) is -1.11. The van der Waals surface area contributed by atoms with Crippen molar-refractivity contribution in [2.75, 3.05) is 38.2 Å². The Bertz CT molecular complexity index is 954. The standard InChI is InChI=1S/C21H26ClN5O4S/c1-2-31-11-5-9-23-17(28)14-6-4-10-27(13-14)21(30)20-26-25-19(32-20)18(29)24-16-8-3-7-15(22)12-16/h3,7-8,12,14H,2,4-6,9-11,13H2,1H3,(H,23,28)(H,24,29)/t14-/m0/s1. The number of halogens is 1. The maximum atomic E-state index is 12.9. The van der Waals surface area contributed by atoms with Crippen molar-refractivity contribution in [3.8, 4) is 0 Å². The predicted octanol–water partition coefficient (Wildman–Crippen LogP) is 2.84. The molecule has 1 aliphatic rings. The minimum Gasteiger partial charge on any atom is -0.382 e. The normalized spacial score (nSPS) is 15.9. The molecule has 3 amide bonds. The average Bonchev–Trinajstić information content (AvgIpc) is 3.29. The maximum absolute atomic E-state index is 12.9. The summed E-state index contributed by atoms with van der Waals surface area (Å²) in [4.78, 5) is 39.3. The van der Waals surface area contributed by atoms with Gasteiger partial charge in [-0.2, -0.15) is 0 Å². The topological polar surface area (TPSA) is 114 Å². The molecule has 9 nitrogen and oxygen atoms in total.